The molecule has 0 aromatic heterocycles. The molecule has 4 heteroatoms. The first-order valence-electron chi connectivity index (χ1n) is 5.81. The molecule has 1 fully saturated rings. The number of aliphatic hydroxyl groups is 1. The van der Waals surface area contributed by atoms with Crippen LogP contribution in [0.2, 0.25) is 0 Å². The number of aryl methyl sites for hydroxylation is 1. The van der Waals surface area contributed by atoms with Crippen molar-refractivity contribution in [3.8, 4) is 0 Å². The lowest BCUT2D eigenvalue weighted by Crippen LogP contribution is -2.42. The molecular formula is C13H16BrNO2. The minimum absolute atomic E-state index is 0.00412. The minimum Gasteiger partial charge on any atom is -0.391 e. The largest absolute Gasteiger partial charge is 0.391 e. The van der Waals surface area contributed by atoms with Crippen LogP contribution in [-0.2, 0) is 0 Å². The van der Waals surface area contributed by atoms with Gasteiger partial charge in [-0.2, -0.15) is 0 Å². The van der Waals surface area contributed by atoms with E-state index < -0.39 is 0 Å². The summed E-state index contributed by atoms with van der Waals surface area (Å²) in [6.45, 7) is 3.18. The summed E-state index contributed by atoms with van der Waals surface area (Å²) in [5.41, 5.74) is 1.79. The predicted octanol–water partition coefficient (Wildman–Crippen LogP) is 2.35. The third-order valence-electron chi connectivity index (χ3n) is 3.10. The van der Waals surface area contributed by atoms with Gasteiger partial charge in [-0.05, 0) is 37.5 Å². The maximum Gasteiger partial charge on any atom is 0.253 e. The predicted molar refractivity (Wildman–Crippen MR) is 70.0 cm³/mol. The maximum atomic E-state index is 12.2. The number of benzene rings is 1. The maximum absolute atomic E-state index is 12.2. The standard InChI is InChI=1S/C13H16BrNO2/c1-9-4-5-10(7-12(9)14)13(17)15-6-2-3-11(16)8-15/h4-5,7,11,16H,2-3,6,8H2,1H3/t11-/m0/s1. The molecule has 92 valence electrons. The van der Waals surface area contributed by atoms with Gasteiger partial charge in [-0.15, -0.1) is 0 Å². The van der Waals surface area contributed by atoms with E-state index in [9.17, 15) is 9.90 Å². The Balaban J connectivity index is 2.15. The number of likely N-dealkylation sites (tertiary alicyclic amines) is 1. The fourth-order valence-electron chi connectivity index (χ4n) is 2.05. The molecule has 1 aromatic rings. The highest BCUT2D eigenvalue weighted by Gasteiger charge is 2.23. The van der Waals surface area contributed by atoms with Gasteiger partial charge in [0.25, 0.3) is 5.91 Å². The second-order valence-electron chi connectivity index (χ2n) is 4.51. The van der Waals surface area contributed by atoms with E-state index in [0.29, 0.717) is 12.1 Å². The summed E-state index contributed by atoms with van der Waals surface area (Å²) < 4.78 is 0.945. The van der Waals surface area contributed by atoms with Gasteiger partial charge in [0.15, 0.2) is 0 Å². The van der Waals surface area contributed by atoms with Crippen molar-refractivity contribution in [3.63, 3.8) is 0 Å². The molecule has 1 saturated heterocycles. The Kier molecular flexibility index (Phi) is 3.84. The molecule has 1 amide bonds. The minimum atomic E-state index is -0.374. The summed E-state index contributed by atoms with van der Waals surface area (Å²) in [4.78, 5) is 13.9. The van der Waals surface area contributed by atoms with Crippen LogP contribution in [0.1, 0.15) is 28.8 Å². The van der Waals surface area contributed by atoms with E-state index >= 15 is 0 Å². The normalized spacial score (nSPS) is 20.4. The molecule has 0 radical (unpaired) electrons. The molecule has 0 aliphatic carbocycles. The Labute approximate surface area is 110 Å². The molecule has 0 bridgehead atoms. The summed E-state index contributed by atoms with van der Waals surface area (Å²) in [6, 6.07) is 5.61. The summed E-state index contributed by atoms with van der Waals surface area (Å²) in [7, 11) is 0. The van der Waals surface area contributed by atoms with Gasteiger partial charge in [0.2, 0.25) is 0 Å². The Morgan fingerprint density at radius 3 is 2.94 bits per heavy atom. The first-order valence-corrected chi connectivity index (χ1v) is 6.60. The number of hydrogen-bond acceptors (Lipinski definition) is 2. The number of carbonyl (C=O) groups is 1. The zero-order valence-corrected chi connectivity index (χ0v) is 11.4. The zero-order chi connectivity index (χ0) is 12.4. The lowest BCUT2D eigenvalue weighted by atomic mass is 10.1. The number of halogens is 1. The topological polar surface area (TPSA) is 40.5 Å². The Bertz CT molecular complexity index is 433. The Morgan fingerprint density at radius 1 is 1.53 bits per heavy atom. The van der Waals surface area contributed by atoms with Gasteiger partial charge in [0.1, 0.15) is 0 Å². The Morgan fingerprint density at radius 2 is 2.29 bits per heavy atom. The van der Waals surface area contributed by atoms with Gasteiger partial charge < -0.3 is 10.0 Å². The van der Waals surface area contributed by atoms with Crippen LogP contribution in [0.3, 0.4) is 0 Å². The van der Waals surface area contributed by atoms with E-state index in [1.54, 1.807) is 4.90 Å². The molecule has 1 aliphatic rings. The van der Waals surface area contributed by atoms with Gasteiger partial charge in [0.05, 0.1) is 6.10 Å². The van der Waals surface area contributed by atoms with E-state index in [1.807, 2.05) is 25.1 Å². The van der Waals surface area contributed by atoms with E-state index in [4.69, 9.17) is 0 Å². The van der Waals surface area contributed by atoms with Crippen molar-refractivity contribution in [1.29, 1.82) is 0 Å². The number of rotatable bonds is 1. The monoisotopic (exact) mass is 297 g/mol. The van der Waals surface area contributed by atoms with E-state index in [-0.39, 0.29) is 12.0 Å². The van der Waals surface area contributed by atoms with Crippen molar-refractivity contribution < 1.29 is 9.90 Å². The first kappa shape index (κ1) is 12.6. The molecule has 17 heavy (non-hydrogen) atoms. The summed E-state index contributed by atoms with van der Waals surface area (Å²) >= 11 is 3.43. The highest BCUT2D eigenvalue weighted by Crippen LogP contribution is 2.20. The SMILES string of the molecule is Cc1ccc(C(=O)N2CCC[C@H](O)C2)cc1Br. The molecule has 0 saturated carbocycles. The van der Waals surface area contributed by atoms with Crippen LogP contribution in [-0.4, -0.2) is 35.1 Å². The van der Waals surface area contributed by atoms with Crippen LogP contribution in [0.25, 0.3) is 0 Å². The van der Waals surface area contributed by atoms with Crippen molar-refractivity contribution in [2.24, 2.45) is 0 Å². The fraction of sp³-hybridized carbons (Fsp3) is 0.462. The second-order valence-corrected chi connectivity index (χ2v) is 5.37. The Hall–Kier alpha value is -0.870. The van der Waals surface area contributed by atoms with Gasteiger partial charge in [-0.25, -0.2) is 0 Å². The number of aliphatic hydroxyl groups excluding tert-OH is 1. The molecular weight excluding hydrogens is 282 g/mol. The lowest BCUT2D eigenvalue weighted by molar-refractivity contribution is 0.0473. The van der Waals surface area contributed by atoms with E-state index in [0.717, 1.165) is 29.4 Å². The van der Waals surface area contributed by atoms with Gasteiger partial charge in [0, 0.05) is 23.1 Å². The van der Waals surface area contributed by atoms with Crippen molar-refractivity contribution >= 4 is 21.8 Å². The third kappa shape index (κ3) is 2.87. The number of β-amino-alcohol motifs (C(OH)–C–C–N with tert-alkyl or cyclic N) is 1. The van der Waals surface area contributed by atoms with Crippen LogP contribution in [0.4, 0.5) is 0 Å². The molecule has 3 nitrogen and oxygen atoms in total. The van der Waals surface area contributed by atoms with Crippen molar-refractivity contribution in [2.45, 2.75) is 25.9 Å². The van der Waals surface area contributed by atoms with E-state index in [2.05, 4.69) is 15.9 Å². The summed E-state index contributed by atoms with van der Waals surface area (Å²) in [6.07, 6.45) is 1.29. The average molecular weight is 298 g/mol. The smallest absolute Gasteiger partial charge is 0.253 e. The quantitative estimate of drug-likeness (QED) is 0.864. The van der Waals surface area contributed by atoms with Crippen LogP contribution in [0.15, 0.2) is 22.7 Å². The third-order valence-corrected chi connectivity index (χ3v) is 3.96. The van der Waals surface area contributed by atoms with Gasteiger partial charge >= 0.3 is 0 Å². The molecule has 1 aromatic carbocycles. The highest BCUT2D eigenvalue weighted by atomic mass is 79.9. The number of piperidine rings is 1. The van der Waals surface area contributed by atoms with Crippen molar-refractivity contribution in [1.82, 2.24) is 4.90 Å². The lowest BCUT2D eigenvalue weighted by Gasteiger charge is -2.30. The van der Waals surface area contributed by atoms with Crippen molar-refractivity contribution in [2.75, 3.05) is 13.1 Å². The average Bonchev–Trinajstić information content (AvgIpc) is 2.32. The van der Waals surface area contributed by atoms with Crippen molar-refractivity contribution in [3.05, 3.63) is 33.8 Å². The molecule has 1 atom stereocenters. The van der Waals surface area contributed by atoms with Crippen LogP contribution < -0.4 is 0 Å². The fourth-order valence-corrected chi connectivity index (χ4v) is 2.43. The van der Waals surface area contributed by atoms with Gasteiger partial charge in [-0.1, -0.05) is 22.0 Å². The molecule has 0 spiro atoms. The second kappa shape index (κ2) is 5.19. The molecule has 1 heterocycles. The molecule has 1 aliphatic heterocycles. The van der Waals surface area contributed by atoms with Gasteiger partial charge in [-0.3, -0.25) is 4.79 Å². The molecule has 1 N–H and O–H groups in total. The van der Waals surface area contributed by atoms with E-state index in [1.165, 1.54) is 0 Å². The highest BCUT2D eigenvalue weighted by molar-refractivity contribution is 9.10. The summed E-state index contributed by atoms with van der Waals surface area (Å²) in [5.74, 6) is 0.00412. The van der Waals surface area contributed by atoms with Crippen LogP contribution in [0, 0.1) is 6.92 Å². The number of nitrogens with zero attached hydrogens (tertiary/aromatic N) is 1. The summed E-state index contributed by atoms with van der Waals surface area (Å²) in [5, 5.41) is 9.57. The number of amides is 1. The van der Waals surface area contributed by atoms with Crippen LogP contribution >= 0.6 is 15.9 Å². The molecule has 0 unspecified atom stereocenters. The molecule has 2 rings (SSSR count). The van der Waals surface area contributed by atoms with Crippen LogP contribution in [0.5, 0.6) is 0 Å². The first-order chi connectivity index (χ1) is 8.08. The number of hydrogen-bond donors (Lipinski definition) is 1. The number of carbonyl (C=O) groups excluding carboxylic acids is 1. The zero-order valence-electron chi connectivity index (χ0n) is 9.82.